The quantitative estimate of drug-likeness (QED) is 0.573. The van der Waals surface area contributed by atoms with E-state index in [0.717, 1.165) is 0 Å². The van der Waals surface area contributed by atoms with Gasteiger partial charge in [-0.1, -0.05) is 0 Å². The summed E-state index contributed by atoms with van der Waals surface area (Å²) in [6, 6.07) is 0. The fourth-order valence-corrected chi connectivity index (χ4v) is 3.17. The third-order valence-corrected chi connectivity index (χ3v) is 4.50. The zero-order valence-electron chi connectivity index (χ0n) is 12.3. The van der Waals surface area contributed by atoms with Crippen molar-refractivity contribution in [3.8, 4) is 0 Å². The van der Waals surface area contributed by atoms with Gasteiger partial charge in [-0.2, -0.15) is 5.10 Å². The van der Waals surface area contributed by atoms with Crippen molar-refractivity contribution in [3.05, 3.63) is 11.4 Å². The van der Waals surface area contributed by atoms with Gasteiger partial charge in [0.1, 0.15) is 10.7 Å². The van der Waals surface area contributed by atoms with E-state index in [2.05, 4.69) is 20.2 Å². The normalized spacial score (nSPS) is 11.4. The molecular formula is C12H20N4O4S. The van der Waals surface area contributed by atoms with Crippen LogP contribution in [0.2, 0.25) is 0 Å². The zero-order valence-corrected chi connectivity index (χ0v) is 13.1. The minimum absolute atomic E-state index is 0.0586. The Bertz CT molecular complexity index is 602. The van der Waals surface area contributed by atoms with Crippen LogP contribution in [0.3, 0.4) is 0 Å². The molecule has 1 amide bonds. The van der Waals surface area contributed by atoms with E-state index in [0.29, 0.717) is 11.4 Å². The first-order valence-corrected chi connectivity index (χ1v) is 7.99. The van der Waals surface area contributed by atoms with Crippen molar-refractivity contribution in [2.75, 3.05) is 13.1 Å². The molecular weight excluding hydrogens is 296 g/mol. The third-order valence-electron chi connectivity index (χ3n) is 2.77. The van der Waals surface area contributed by atoms with E-state index in [9.17, 15) is 18.0 Å². The van der Waals surface area contributed by atoms with Gasteiger partial charge in [-0.05, 0) is 20.8 Å². The van der Waals surface area contributed by atoms with E-state index < -0.39 is 10.0 Å². The molecule has 0 saturated heterocycles. The lowest BCUT2D eigenvalue weighted by atomic mass is 10.2. The van der Waals surface area contributed by atoms with Crippen molar-refractivity contribution in [2.45, 2.75) is 38.5 Å². The Balaban J connectivity index is 2.42. The molecule has 0 aliphatic rings. The predicted molar refractivity (Wildman–Crippen MR) is 76.2 cm³/mol. The van der Waals surface area contributed by atoms with Crippen LogP contribution in [0, 0.1) is 13.8 Å². The highest BCUT2D eigenvalue weighted by Crippen LogP contribution is 2.15. The van der Waals surface area contributed by atoms with Gasteiger partial charge >= 0.3 is 0 Å². The highest BCUT2D eigenvalue weighted by molar-refractivity contribution is 7.89. The molecule has 1 heterocycles. The topological polar surface area (TPSA) is 121 Å². The molecule has 0 fully saturated rings. The SMILES string of the molecule is CC(=O)CCC(=O)NCCNS(=O)(=O)c1c(C)n[nH]c1C. The van der Waals surface area contributed by atoms with Crippen LogP contribution in [-0.4, -0.2) is 43.4 Å². The molecule has 0 saturated carbocycles. The Labute approximate surface area is 123 Å². The monoisotopic (exact) mass is 316 g/mol. The molecule has 1 aromatic rings. The number of amides is 1. The Morgan fingerprint density at radius 1 is 1.19 bits per heavy atom. The predicted octanol–water partition coefficient (Wildman–Crippen LogP) is -0.210. The second-order valence-corrected chi connectivity index (χ2v) is 6.42. The Kier molecular flexibility index (Phi) is 6.03. The number of carbonyl (C=O) groups excluding carboxylic acids is 2. The van der Waals surface area contributed by atoms with E-state index in [1.165, 1.54) is 6.92 Å². The molecule has 0 bridgehead atoms. The molecule has 9 heteroatoms. The average molecular weight is 316 g/mol. The Morgan fingerprint density at radius 2 is 1.86 bits per heavy atom. The van der Waals surface area contributed by atoms with Gasteiger partial charge in [0, 0.05) is 25.9 Å². The number of aromatic nitrogens is 2. The zero-order chi connectivity index (χ0) is 16.0. The minimum atomic E-state index is -3.65. The Hall–Kier alpha value is -1.74. The molecule has 0 aliphatic heterocycles. The maximum Gasteiger partial charge on any atom is 0.244 e. The molecule has 118 valence electrons. The number of sulfonamides is 1. The summed E-state index contributed by atoms with van der Waals surface area (Å²) in [6.45, 7) is 4.86. The molecule has 21 heavy (non-hydrogen) atoms. The molecule has 0 unspecified atom stereocenters. The van der Waals surface area contributed by atoms with Crippen LogP contribution >= 0.6 is 0 Å². The lowest BCUT2D eigenvalue weighted by Gasteiger charge is -2.08. The molecule has 0 radical (unpaired) electrons. The van der Waals surface area contributed by atoms with E-state index in [1.807, 2.05) is 0 Å². The molecule has 3 N–H and O–H groups in total. The third kappa shape index (κ3) is 5.27. The van der Waals surface area contributed by atoms with Crippen LogP contribution in [0.5, 0.6) is 0 Å². The van der Waals surface area contributed by atoms with Gasteiger partial charge in [-0.15, -0.1) is 0 Å². The van der Waals surface area contributed by atoms with E-state index in [1.54, 1.807) is 13.8 Å². The standard InChI is InChI=1S/C12H20N4O4S/c1-8(17)4-5-11(18)13-6-7-14-21(19,20)12-9(2)15-16-10(12)3/h14H,4-7H2,1-3H3,(H,13,18)(H,15,16). The molecule has 1 rings (SSSR count). The summed E-state index contributed by atoms with van der Waals surface area (Å²) in [5.41, 5.74) is 0.857. The first-order chi connectivity index (χ1) is 9.74. The minimum Gasteiger partial charge on any atom is -0.355 e. The summed E-state index contributed by atoms with van der Waals surface area (Å²) in [6.07, 6.45) is 0.299. The summed E-state index contributed by atoms with van der Waals surface area (Å²) >= 11 is 0. The highest BCUT2D eigenvalue weighted by Gasteiger charge is 2.21. The molecule has 1 aromatic heterocycles. The fraction of sp³-hybridized carbons (Fsp3) is 0.583. The first-order valence-electron chi connectivity index (χ1n) is 6.51. The summed E-state index contributed by atoms with van der Waals surface area (Å²) < 4.78 is 26.5. The number of hydrogen-bond acceptors (Lipinski definition) is 5. The second-order valence-electron chi connectivity index (χ2n) is 4.71. The van der Waals surface area contributed by atoms with Crippen LogP contribution < -0.4 is 10.0 Å². The number of rotatable bonds is 8. The van der Waals surface area contributed by atoms with Crippen molar-refractivity contribution in [3.63, 3.8) is 0 Å². The number of carbonyl (C=O) groups is 2. The van der Waals surface area contributed by atoms with Gasteiger partial charge in [-0.25, -0.2) is 13.1 Å². The van der Waals surface area contributed by atoms with Crippen LogP contribution in [0.1, 0.15) is 31.2 Å². The van der Waals surface area contributed by atoms with Crippen molar-refractivity contribution in [2.24, 2.45) is 0 Å². The van der Waals surface area contributed by atoms with Gasteiger partial charge in [-0.3, -0.25) is 9.89 Å². The van der Waals surface area contributed by atoms with Crippen molar-refractivity contribution in [1.82, 2.24) is 20.2 Å². The number of Topliss-reactive ketones (excluding diaryl/α,β-unsaturated/α-hetero) is 1. The van der Waals surface area contributed by atoms with Crippen molar-refractivity contribution < 1.29 is 18.0 Å². The maximum atomic E-state index is 12.1. The molecule has 0 atom stereocenters. The maximum absolute atomic E-state index is 12.1. The van der Waals surface area contributed by atoms with E-state index in [4.69, 9.17) is 0 Å². The molecule has 0 aromatic carbocycles. The first kappa shape index (κ1) is 17.3. The summed E-state index contributed by atoms with van der Waals surface area (Å²) in [5.74, 6) is -0.336. The van der Waals surface area contributed by atoms with Gasteiger partial charge in [0.25, 0.3) is 0 Å². The van der Waals surface area contributed by atoms with Gasteiger partial charge in [0.05, 0.1) is 11.4 Å². The van der Waals surface area contributed by atoms with E-state index in [-0.39, 0.29) is 42.5 Å². The number of ketones is 1. The Morgan fingerprint density at radius 3 is 2.38 bits per heavy atom. The van der Waals surface area contributed by atoms with Crippen molar-refractivity contribution >= 4 is 21.7 Å². The molecule has 8 nitrogen and oxygen atoms in total. The fourth-order valence-electron chi connectivity index (χ4n) is 1.77. The van der Waals surface area contributed by atoms with Crippen LogP contribution in [0.4, 0.5) is 0 Å². The van der Waals surface area contributed by atoms with Gasteiger partial charge in [0.2, 0.25) is 15.9 Å². The molecule has 0 aliphatic carbocycles. The lowest BCUT2D eigenvalue weighted by molar-refractivity contribution is -0.124. The smallest absolute Gasteiger partial charge is 0.244 e. The summed E-state index contributed by atoms with van der Waals surface area (Å²) in [5, 5.41) is 8.99. The highest BCUT2D eigenvalue weighted by atomic mass is 32.2. The van der Waals surface area contributed by atoms with Crippen molar-refractivity contribution in [1.29, 1.82) is 0 Å². The number of nitrogens with zero attached hydrogens (tertiary/aromatic N) is 1. The number of hydrogen-bond donors (Lipinski definition) is 3. The number of H-pyrrole nitrogens is 1. The van der Waals surface area contributed by atoms with Gasteiger partial charge in [0.15, 0.2) is 0 Å². The largest absolute Gasteiger partial charge is 0.355 e. The van der Waals surface area contributed by atoms with E-state index >= 15 is 0 Å². The molecule has 0 spiro atoms. The second kappa shape index (κ2) is 7.32. The number of aromatic amines is 1. The lowest BCUT2D eigenvalue weighted by Crippen LogP contribution is -2.35. The summed E-state index contributed by atoms with van der Waals surface area (Å²) in [4.78, 5) is 22.2. The number of aryl methyl sites for hydroxylation is 2. The average Bonchev–Trinajstić information content (AvgIpc) is 2.72. The van der Waals surface area contributed by atoms with Crippen LogP contribution in [-0.2, 0) is 19.6 Å². The van der Waals surface area contributed by atoms with Gasteiger partial charge < -0.3 is 10.1 Å². The van der Waals surface area contributed by atoms with Crippen LogP contribution in [0.25, 0.3) is 0 Å². The summed E-state index contributed by atoms with van der Waals surface area (Å²) in [7, 11) is -3.65. The van der Waals surface area contributed by atoms with Crippen LogP contribution in [0.15, 0.2) is 4.90 Å². The number of nitrogens with one attached hydrogen (secondary N) is 3.